The molecule has 0 fully saturated rings. The van der Waals surface area contributed by atoms with Gasteiger partial charge in [-0.1, -0.05) is 57.6 Å². The fourth-order valence-electron chi connectivity index (χ4n) is 1.98. The first-order valence-electron chi connectivity index (χ1n) is 7.31. The van der Waals surface area contributed by atoms with Gasteiger partial charge in [-0.05, 0) is 32.3 Å². The summed E-state index contributed by atoms with van der Waals surface area (Å²) in [5.41, 5.74) is 2.82. The summed E-state index contributed by atoms with van der Waals surface area (Å²) in [6, 6.07) is 0. The third kappa shape index (κ3) is 9.02. The zero-order valence-electron chi connectivity index (χ0n) is 12.3. The van der Waals surface area contributed by atoms with Crippen LogP contribution in [0.25, 0.3) is 0 Å². The van der Waals surface area contributed by atoms with E-state index in [0.29, 0.717) is 0 Å². The Balaban J connectivity index is 3.80. The van der Waals surface area contributed by atoms with Gasteiger partial charge in [0.1, 0.15) is 0 Å². The topological polar surface area (TPSA) is 12.0 Å². The first-order chi connectivity index (χ1) is 8.28. The van der Waals surface area contributed by atoms with Crippen molar-refractivity contribution >= 4 is 0 Å². The van der Waals surface area contributed by atoms with Crippen molar-refractivity contribution in [1.29, 1.82) is 0 Å². The zero-order chi connectivity index (χ0) is 12.9. The van der Waals surface area contributed by atoms with Crippen LogP contribution < -0.4 is 5.32 Å². The molecule has 0 radical (unpaired) electrons. The Kier molecular flexibility index (Phi) is 11.3. The Bertz CT molecular complexity index is 220. The van der Waals surface area contributed by atoms with E-state index in [4.69, 9.17) is 0 Å². The summed E-state index contributed by atoms with van der Waals surface area (Å²) >= 11 is 0. The standard InChI is InChI=1S/C16H31N/c1-5-8-9-10-11-12-13-15(6-2)14-16(7-3)17-4/h6,14,17H,5,7-13H2,1-4H3/b15-6-,16-14-. The third-order valence-corrected chi connectivity index (χ3v) is 3.25. The Morgan fingerprint density at radius 3 is 2.18 bits per heavy atom. The lowest BCUT2D eigenvalue weighted by molar-refractivity contribution is 0.608. The lowest BCUT2D eigenvalue weighted by Crippen LogP contribution is -2.04. The van der Waals surface area contributed by atoms with Gasteiger partial charge in [-0.25, -0.2) is 0 Å². The first kappa shape index (κ1) is 16.3. The normalized spacial score (nSPS) is 12.9. The van der Waals surface area contributed by atoms with E-state index < -0.39 is 0 Å². The molecule has 0 rings (SSSR count). The molecule has 1 N–H and O–H groups in total. The molecule has 100 valence electrons. The maximum Gasteiger partial charge on any atom is 0.0104 e. The number of hydrogen-bond donors (Lipinski definition) is 1. The molecular formula is C16H31N. The molecule has 0 aromatic rings. The SMILES string of the molecule is C/C=C(\C=C(\CC)NC)CCCCCCCC. The maximum absolute atomic E-state index is 3.26. The number of hydrogen-bond acceptors (Lipinski definition) is 1. The maximum atomic E-state index is 3.26. The minimum absolute atomic E-state index is 1.09. The third-order valence-electron chi connectivity index (χ3n) is 3.25. The summed E-state index contributed by atoms with van der Waals surface area (Å²) in [4.78, 5) is 0. The molecule has 0 heterocycles. The molecule has 0 aliphatic heterocycles. The van der Waals surface area contributed by atoms with Gasteiger partial charge in [0.05, 0.1) is 0 Å². The van der Waals surface area contributed by atoms with Crippen LogP contribution in [0.2, 0.25) is 0 Å². The van der Waals surface area contributed by atoms with Crippen LogP contribution >= 0.6 is 0 Å². The summed E-state index contributed by atoms with van der Waals surface area (Å²) < 4.78 is 0. The molecular weight excluding hydrogens is 206 g/mol. The van der Waals surface area contributed by atoms with Gasteiger partial charge in [0.25, 0.3) is 0 Å². The van der Waals surface area contributed by atoms with Gasteiger partial charge in [0.15, 0.2) is 0 Å². The predicted octanol–water partition coefficient (Wildman–Crippen LogP) is 5.20. The molecule has 0 bridgehead atoms. The monoisotopic (exact) mass is 237 g/mol. The van der Waals surface area contributed by atoms with Gasteiger partial charge in [-0.15, -0.1) is 0 Å². The average Bonchev–Trinajstić information content (AvgIpc) is 2.37. The molecule has 17 heavy (non-hydrogen) atoms. The minimum atomic E-state index is 1.09. The van der Waals surface area contributed by atoms with E-state index in [9.17, 15) is 0 Å². The van der Waals surface area contributed by atoms with Crippen LogP contribution in [0, 0.1) is 0 Å². The molecule has 0 saturated carbocycles. The molecule has 0 aromatic carbocycles. The van der Waals surface area contributed by atoms with E-state index in [2.05, 4.69) is 38.2 Å². The van der Waals surface area contributed by atoms with E-state index in [-0.39, 0.29) is 0 Å². The highest BCUT2D eigenvalue weighted by atomic mass is 14.8. The van der Waals surface area contributed by atoms with Crippen molar-refractivity contribution in [3.8, 4) is 0 Å². The molecule has 0 unspecified atom stereocenters. The Hall–Kier alpha value is -0.720. The fraction of sp³-hybridized carbons (Fsp3) is 0.750. The molecule has 1 heteroatoms. The molecule has 0 aliphatic carbocycles. The second-order valence-electron chi connectivity index (χ2n) is 4.65. The first-order valence-corrected chi connectivity index (χ1v) is 7.31. The van der Waals surface area contributed by atoms with Crippen molar-refractivity contribution in [2.75, 3.05) is 7.05 Å². The smallest absolute Gasteiger partial charge is 0.0104 e. The van der Waals surface area contributed by atoms with Crippen molar-refractivity contribution < 1.29 is 0 Å². The van der Waals surface area contributed by atoms with Gasteiger partial charge in [0.2, 0.25) is 0 Å². The Morgan fingerprint density at radius 2 is 1.65 bits per heavy atom. The van der Waals surface area contributed by atoms with Crippen LogP contribution in [0.1, 0.15) is 72.1 Å². The Morgan fingerprint density at radius 1 is 1.00 bits per heavy atom. The quantitative estimate of drug-likeness (QED) is 0.407. The Labute approximate surface area is 108 Å². The van der Waals surface area contributed by atoms with Gasteiger partial charge in [-0.2, -0.15) is 0 Å². The van der Waals surface area contributed by atoms with Crippen LogP contribution in [-0.4, -0.2) is 7.05 Å². The van der Waals surface area contributed by atoms with Crippen molar-refractivity contribution in [1.82, 2.24) is 5.32 Å². The summed E-state index contributed by atoms with van der Waals surface area (Å²) in [5.74, 6) is 0. The van der Waals surface area contributed by atoms with E-state index in [0.717, 1.165) is 6.42 Å². The highest BCUT2D eigenvalue weighted by Gasteiger charge is 1.96. The molecule has 0 amide bonds. The van der Waals surface area contributed by atoms with Crippen LogP contribution in [0.4, 0.5) is 0 Å². The number of unbranched alkanes of at least 4 members (excludes halogenated alkanes) is 5. The molecule has 0 aliphatic rings. The molecule has 0 saturated heterocycles. The lowest BCUT2D eigenvalue weighted by atomic mass is 10.0. The average molecular weight is 237 g/mol. The summed E-state index contributed by atoms with van der Waals surface area (Å²) in [6.45, 7) is 6.61. The highest BCUT2D eigenvalue weighted by molar-refractivity contribution is 5.22. The number of nitrogens with one attached hydrogen (secondary N) is 1. The van der Waals surface area contributed by atoms with Gasteiger partial charge < -0.3 is 5.32 Å². The van der Waals surface area contributed by atoms with Crippen molar-refractivity contribution in [3.05, 3.63) is 23.4 Å². The molecule has 1 nitrogen and oxygen atoms in total. The second kappa shape index (κ2) is 11.8. The summed E-state index contributed by atoms with van der Waals surface area (Å²) in [6.07, 6.45) is 15.1. The van der Waals surface area contributed by atoms with E-state index in [1.54, 1.807) is 0 Å². The largest absolute Gasteiger partial charge is 0.391 e. The number of rotatable bonds is 10. The van der Waals surface area contributed by atoms with Crippen LogP contribution in [-0.2, 0) is 0 Å². The van der Waals surface area contributed by atoms with Crippen molar-refractivity contribution in [2.45, 2.75) is 72.1 Å². The minimum Gasteiger partial charge on any atom is -0.391 e. The van der Waals surface area contributed by atoms with E-state index in [1.807, 2.05) is 7.05 Å². The van der Waals surface area contributed by atoms with Gasteiger partial charge in [-0.3, -0.25) is 0 Å². The molecule has 0 aromatic heterocycles. The van der Waals surface area contributed by atoms with Gasteiger partial charge >= 0.3 is 0 Å². The predicted molar refractivity (Wildman–Crippen MR) is 79.2 cm³/mol. The van der Waals surface area contributed by atoms with E-state index in [1.165, 1.54) is 56.2 Å². The number of allylic oxidation sites excluding steroid dienone is 4. The van der Waals surface area contributed by atoms with Gasteiger partial charge in [0, 0.05) is 12.7 Å². The van der Waals surface area contributed by atoms with Crippen LogP contribution in [0.3, 0.4) is 0 Å². The van der Waals surface area contributed by atoms with Crippen molar-refractivity contribution in [3.63, 3.8) is 0 Å². The van der Waals surface area contributed by atoms with Crippen LogP contribution in [0.5, 0.6) is 0 Å². The zero-order valence-corrected chi connectivity index (χ0v) is 12.3. The molecule has 0 atom stereocenters. The lowest BCUT2D eigenvalue weighted by Gasteiger charge is -2.07. The molecule has 0 spiro atoms. The summed E-state index contributed by atoms with van der Waals surface area (Å²) in [7, 11) is 2.01. The summed E-state index contributed by atoms with van der Waals surface area (Å²) in [5, 5.41) is 3.26. The second-order valence-corrected chi connectivity index (χ2v) is 4.65. The fourth-order valence-corrected chi connectivity index (χ4v) is 1.98. The van der Waals surface area contributed by atoms with E-state index >= 15 is 0 Å². The van der Waals surface area contributed by atoms with Crippen LogP contribution in [0.15, 0.2) is 23.4 Å². The van der Waals surface area contributed by atoms with Crippen molar-refractivity contribution in [2.24, 2.45) is 0 Å². The highest BCUT2D eigenvalue weighted by Crippen LogP contribution is 2.14.